The third kappa shape index (κ3) is 1.78. The maximum Gasteiger partial charge on any atom is 0.303 e. The number of hydrogen-bond donors (Lipinski definition) is 0. The summed E-state index contributed by atoms with van der Waals surface area (Å²) in [5.74, 6) is -0.174. The minimum absolute atomic E-state index is 0.0104. The predicted octanol–water partition coefficient (Wildman–Crippen LogP) is 2.04. The van der Waals surface area contributed by atoms with Gasteiger partial charge in [0, 0.05) is 13.5 Å². The number of esters is 1. The molecule has 1 saturated heterocycles. The quantitative estimate of drug-likeness (QED) is 0.605. The minimum atomic E-state index is -0.174. The molecule has 2 unspecified atom stereocenters. The molecule has 1 aliphatic carbocycles. The largest absolute Gasteiger partial charge is 0.459 e. The van der Waals surface area contributed by atoms with E-state index < -0.39 is 0 Å². The van der Waals surface area contributed by atoms with Crippen molar-refractivity contribution in [1.29, 1.82) is 0 Å². The Morgan fingerprint density at radius 3 is 2.79 bits per heavy atom. The first-order chi connectivity index (χ1) is 6.73. The van der Waals surface area contributed by atoms with Gasteiger partial charge in [0.15, 0.2) is 0 Å². The molecule has 0 amide bonds. The van der Waals surface area contributed by atoms with E-state index in [4.69, 9.17) is 9.47 Å². The zero-order valence-corrected chi connectivity index (χ0v) is 8.75. The maximum absolute atomic E-state index is 11.0. The maximum atomic E-state index is 11.0. The van der Waals surface area contributed by atoms with E-state index in [1.54, 1.807) is 0 Å². The molecular weight excluding hydrogens is 180 g/mol. The molecule has 3 nitrogen and oxygen atoms in total. The van der Waals surface area contributed by atoms with E-state index in [1.807, 2.05) is 0 Å². The predicted molar refractivity (Wildman–Crippen MR) is 51.9 cm³/mol. The highest BCUT2D eigenvalue weighted by Crippen LogP contribution is 2.41. The van der Waals surface area contributed by atoms with Gasteiger partial charge in [-0.05, 0) is 32.1 Å². The summed E-state index contributed by atoms with van der Waals surface area (Å²) in [6, 6.07) is 0. The van der Waals surface area contributed by atoms with E-state index in [1.165, 1.54) is 13.3 Å². The second kappa shape index (κ2) is 3.89. The van der Waals surface area contributed by atoms with Crippen LogP contribution in [0.2, 0.25) is 0 Å². The van der Waals surface area contributed by atoms with E-state index >= 15 is 0 Å². The second-order valence-corrected chi connectivity index (χ2v) is 4.36. The van der Waals surface area contributed by atoms with Gasteiger partial charge in [-0.2, -0.15) is 0 Å². The molecule has 14 heavy (non-hydrogen) atoms. The van der Waals surface area contributed by atoms with Crippen molar-refractivity contribution in [2.45, 2.75) is 57.2 Å². The minimum Gasteiger partial charge on any atom is -0.459 e. The molecule has 3 heteroatoms. The average molecular weight is 198 g/mol. The van der Waals surface area contributed by atoms with Gasteiger partial charge in [-0.15, -0.1) is 0 Å². The van der Waals surface area contributed by atoms with Gasteiger partial charge in [-0.1, -0.05) is 6.42 Å². The van der Waals surface area contributed by atoms with Crippen LogP contribution >= 0.6 is 0 Å². The Bertz CT molecular complexity index is 219. The van der Waals surface area contributed by atoms with Crippen LogP contribution in [0.1, 0.15) is 45.4 Å². The molecular formula is C11H18O3. The number of carbonyl (C=O) groups is 1. The van der Waals surface area contributed by atoms with Crippen molar-refractivity contribution in [3.63, 3.8) is 0 Å². The summed E-state index contributed by atoms with van der Waals surface area (Å²) in [5.41, 5.74) is -0.121. The summed E-state index contributed by atoms with van der Waals surface area (Å²) in [6.45, 7) is 2.31. The lowest BCUT2D eigenvalue weighted by Crippen LogP contribution is -2.46. The van der Waals surface area contributed by atoms with Crippen LogP contribution in [-0.4, -0.2) is 24.3 Å². The molecule has 0 bridgehead atoms. The zero-order valence-electron chi connectivity index (χ0n) is 8.75. The van der Waals surface area contributed by atoms with Gasteiger partial charge in [0.05, 0.1) is 0 Å². The van der Waals surface area contributed by atoms with Crippen molar-refractivity contribution in [2.24, 2.45) is 0 Å². The Morgan fingerprint density at radius 1 is 1.36 bits per heavy atom. The van der Waals surface area contributed by atoms with Crippen LogP contribution in [0.3, 0.4) is 0 Å². The Kier molecular flexibility index (Phi) is 2.77. The monoisotopic (exact) mass is 198 g/mol. The van der Waals surface area contributed by atoms with Gasteiger partial charge in [0.2, 0.25) is 0 Å². The average Bonchev–Trinajstić information content (AvgIpc) is 2.58. The highest BCUT2D eigenvalue weighted by Gasteiger charge is 2.46. The fourth-order valence-corrected chi connectivity index (χ4v) is 2.71. The van der Waals surface area contributed by atoms with Gasteiger partial charge in [0.25, 0.3) is 0 Å². The normalized spacial score (nSPS) is 37.4. The highest BCUT2D eigenvalue weighted by atomic mass is 16.6. The van der Waals surface area contributed by atoms with E-state index in [0.717, 1.165) is 38.7 Å². The summed E-state index contributed by atoms with van der Waals surface area (Å²) in [6.07, 6.45) is 6.57. The molecule has 80 valence electrons. The molecule has 1 spiro atoms. The third-order valence-electron chi connectivity index (χ3n) is 3.35. The number of carbonyl (C=O) groups excluding carboxylic acids is 1. The number of hydrogen-bond acceptors (Lipinski definition) is 3. The van der Waals surface area contributed by atoms with Crippen molar-refractivity contribution >= 4 is 5.97 Å². The Morgan fingerprint density at radius 2 is 2.14 bits per heavy atom. The van der Waals surface area contributed by atoms with Crippen LogP contribution in [0.25, 0.3) is 0 Å². The lowest BCUT2D eigenvalue weighted by Gasteiger charge is -2.39. The van der Waals surface area contributed by atoms with Crippen LogP contribution in [-0.2, 0) is 14.3 Å². The van der Waals surface area contributed by atoms with Crippen LogP contribution in [0, 0.1) is 0 Å². The first kappa shape index (κ1) is 9.97. The van der Waals surface area contributed by atoms with Gasteiger partial charge >= 0.3 is 5.97 Å². The molecule has 2 rings (SSSR count). The molecule has 1 aliphatic heterocycles. The van der Waals surface area contributed by atoms with Crippen molar-refractivity contribution < 1.29 is 14.3 Å². The van der Waals surface area contributed by atoms with Gasteiger partial charge in [-0.25, -0.2) is 0 Å². The van der Waals surface area contributed by atoms with E-state index in [9.17, 15) is 4.79 Å². The lowest BCUT2D eigenvalue weighted by molar-refractivity contribution is -0.171. The smallest absolute Gasteiger partial charge is 0.303 e. The SMILES string of the molecule is CC(=O)OC1CCCCC12CCCO2. The zero-order chi connectivity index (χ0) is 10.0. The van der Waals surface area contributed by atoms with Crippen LogP contribution in [0.15, 0.2) is 0 Å². The third-order valence-corrected chi connectivity index (χ3v) is 3.35. The van der Waals surface area contributed by atoms with Crippen LogP contribution in [0.5, 0.6) is 0 Å². The summed E-state index contributed by atoms with van der Waals surface area (Å²) in [4.78, 5) is 11.0. The molecule has 1 heterocycles. The molecule has 0 radical (unpaired) electrons. The van der Waals surface area contributed by atoms with E-state index in [0.29, 0.717) is 0 Å². The molecule has 2 fully saturated rings. The Balaban J connectivity index is 2.06. The Labute approximate surface area is 84.8 Å². The summed E-state index contributed by atoms with van der Waals surface area (Å²) in [5, 5.41) is 0. The highest BCUT2D eigenvalue weighted by molar-refractivity contribution is 5.66. The molecule has 1 saturated carbocycles. The van der Waals surface area contributed by atoms with Crippen LogP contribution < -0.4 is 0 Å². The summed E-state index contributed by atoms with van der Waals surface area (Å²) in [7, 11) is 0. The number of ether oxygens (including phenoxy) is 2. The van der Waals surface area contributed by atoms with Gasteiger partial charge < -0.3 is 9.47 Å². The molecule has 2 aliphatic rings. The topological polar surface area (TPSA) is 35.5 Å². The first-order valence-corrected chi connectivity index (χ1v) is 5.54. The standard InChI is InChI=1S/C11H18O3/c1-9(12)14-10-5-2-3-6-11(10)7-4-8-13-11/h10H,2-8H2,1H3. The summed E-state index contributed by atoms with van der Waals surface area (Å²) < 4.78 is 11.2. The fraction of sp³-hybridized carbons (Fsp3) is 0.909. The molecule has 0 N–H and O–H groups in total. The van der Waals surface area contributed by atoms with Crippen molar-refractivity contribution in [3.05, 3.63) is 0 Å². The van der Waals surface area contributed by atoms with Crippen molar-refractivity contribution in [2.75, 3.05) is 6.61 Å². The number of rotatable bonds is 1. The van der Waals surface area contributed by atoms with E-state index in [-0.39, 0.29) is 17.7 Å². The lowest BCUT2D eigenvalue weighted by atomic mass is 9.80. The molecule has 0 aromatic carbocycles. The fourth-order valence-electron chi connectivity index (χ4n) is 2.71. The Hall–Kier alpha value is -0.570. The van der Waals surface area contributed by atoms with Gasteiger partial charge in [-0.3, -0.25) is 4.79 Å². The van der Waals surface area contributed by atoms with Crippen molar-refractivity contribution in [1.82, 2.24) is 0 Å². The molecule has 2 atom stereocenters. The summed E-state index contributed by atoms with van der Waals surface area (Å²) >= 11 is 0. The van der Waals surface area contributed by atoms with Gasteiger partial charge in [0.1, 0.15) is 11.7 Å². The molecule has 0 aromatic heterocycles. The molecule has 0 aromatic rings. The first-order valence-electron chi connectivity index (χ1n) is 5.54. The van der Waals surface area contributed by atoms with Crippen molar-refractivity contribution in [3.8, 4) is 0 Å². The second-order valence-electron chi connectivity index (χ2n) is 4.36. The van der Waals surface area contributed by atoms with Crippen LogP contribution in [0.4, 0.5) is 0 Å². The van der Waals surface area contributed by atoms with E-state index in [2.05, 4.69) is 0 Å².